The summed E-state index contributed by atoms with van der Waals surface area (Å²) >= 11 is 12.2. The maximum atomic E-state index is 12.8. The van der Waals surface area contributed by atoms with E-state index in [-0.39, 0.29) is 11.9 Å². The van der Waals surface area contributed by atoms with Crippen LogP contribution in [0.4, 0.5) is 5.88 Å². The molecule has 0 bridgehead atoms. The van der Waals surface area contributed by atoms with E-state index < -0.39 is 0 Å². The minimum Gasteiger partial charge on any atom is -0.440 e. The van der Waals surface area contributed by atoms with E-state index in [1.165, 1.54) is 0 Å². The van der Waals surface area contributed by atoms with Crippen molar-refractivity contribution in [1.29, 1.82) is 0 Å². The lowest BCUT2D eigenvalue weighted by atomic mass is 10.0. The highest BCUT2D eigenvalue weighted by atomic mass is 35.5. The van der Waals surface area contributed by atoms with E-state index in [1.54, 1.807) is 0 Å². The summed E-state index contributed by atoms with van der Waals surface area (Å²) in [6, 6.07) is 15.8. The molecule has 0 atom stereocenters. The number of furan rings is 1. The SMILES string of the molecule is CCC(=O)N(c1cc2ccccc2o1)C1CCN(Cc2ccc(Cl)c(Cl)c2)CC1. The molecule has 0 unspecified atom stereocenters. The van der Waals surface area contributed by atoms with Gasteiger partial charge in [0.1, 0.15) is 5.58 Å². The summed E-state index contributed by atoms with van der Waals surface area (Å²) in [5.74, 6) is 0.757. The predicted molar refractivity (Wildman–Crippen MR) is 119 cm³/mol. The quantitative estimate of drug-likeness (QED) is 0.487. The Morgan fingerprint density at radius 2 is 1.86 bits per heavy atom. The Hall–Kier alpha value is -2.01. The van der Waals surface area contributed by atoms with Crippen molar-refractivity contribution in [2.24, 2.45) is 0 Å². The van der Waals surface area contributed by atoms with Gasteiger partial charge in [0.05, 0.1) is 10.0 Å². The van der Waals surface area contributed by atoms with Crippen molar-refractivity contribution in [3.8, 4) is 0 Å². The molecule has 1 amide bonds. The van der Waals surface area contributed by atoms with E-state index in [9.17, 15) is 4.79 Å². The van der Waals surface area contributed by atoms with Crippen LogP contribution in [0.3, 0.4) is 0 Å². The average molecular weight is 431 g/mol. The van der Waals surface area contributed by atoms with Crippen LogP contribution in [0.25, 0.3) is 11.0 Å². The van der Waals surface area contributed by atoms with E-state index in [2.05, 4.69) is 4.90 Å². The minimum absolute atomic E-state index is 0.104. The fourth-order valence-corrected chi connectivity index (χ4v) is 4.32. The van der Waals surface area contributed by atoms with Crippen LogP contribution in [0.2, 0.25) is 10.0 Å². The van der Waals surface area contributed by atoms with E-state index in [0.717, 1.165) is 49.0 Å². The maximum absolute atomic E-state index is 12.8. The van der Waals surface area contributed by atoms with Crippen molar-refractivity contribution in [2.45, 2.75) is 38.8 Å². The predicted octanol–water partition coefficient (Wildman–Crippen LogP) is 6.15. The van der Waals surface area contributed by atoms with E-state index in [4.69, 9.17) is 27.6 Å². The molecule has 0 radical (unpaired) electrons. The van der Waals surface area contributed by atoms with Gasteiger partial charge in [-0.25, -0.2) is 0 Å². The van der Waals surface area contributed by atoms with Crippen molar-refractivity contribution in [3.63, 3.8) is 0 Å². The normalized spacial score (nSPS) is 15.7. The van der Waals surface area contributed by atoms with Crippen LogP contribution in [0.1, 0.15) is 31.7 Å². The van der Waals surface area contributed by atoms with Gasteiger partial charge in [-0.2, -0.15) is 0 Å². The molecule has 0 saturated carbocycles. The number of amides is 1. The first kappa shape index (κ1) is 20.3. The maximum Gasteiger partial charge on any atom is 0.229 e. The van der Waals surface area contributed by atoms with Crippen molar-refractivity contribution in [2.75, 3.05) is 18.0 Å². The molecule has 4 nitrogen and oxygen atoms in total. The van der Waals surface area contributed by atoms with Gasteiger partial charge in [-0.3, -0.25) is 14.6 Å². The largest absolute Gasteiger partial charge is 0.440 e. The number of rotatable bonds is 5. The zero-order valence-corrected chi connectivity index (χ0v) is 17.9. The summed E-state index contributed by atoms with van der Waals surface area (Å²) in [7, 11) is 0. The minimum atomic E-state index is 0.104. The third-order valence-electron chi connectivity index (χ3n) is 5.53. The number of halogens is 2. The summed E-state index contributed by atoms with van der Waals surface area (Å²) in [4.78, 5) is 17.0. The fraction of sp³-hybridized carbons (Fsp3) is 0.348. The average Bonchev–Trinajstić information content (AvgIpc) is 3.15. The number of nitrogens with zero attached hydrogens (tertiary/aromatic N) is 2. The molecule has 0 aliphatic carbocycles. The highest BCUT2D eigenvalue weighted by Crippen LogP contribution is 2.31. The molecule has 3 aromatic rings. The van der Waals surface area contributed by atoms with E-state index in [0.29, 0.717) is 22.4 Å². The van der Waals surface area contributed by atoms with Crippen LogP contribution in [0.15, 0.2) is 52.9 Å². The molecule has 6 heteroatoms. The molecule has 1 fully saturated rings. The molecule has 1 aliphatic heterocycles. The lowest BCUT2D eigenvalue weighted by Gasteiger charge is -2.37. The van der Waals surface area contributed by atoms with Gasteiger partial charge in [-0.1, -0.05) is 54.4 Å². The van der Waals surface area contributed by atoms with Crippen LogP contribution in [0, 0.1) is 0 Å². The summed E-state index contributed by atoms with van der Waals surface area (Å²) in [5.41, 5.74) is 1.96. The number of hydrogen-bond donors (Lipinski definition) is 0. The van der Waals surface area contributed by atoms with Crippen molar-refractivity contribution in [1.82, 2.24) is 4.90 Å². The molecule has 1 saturated heterocycles. The third kappa shape index (κ3) is 4.45. The second-order valence-electron chi connectivity index (χ2n) is 7.50. The van der Waals surface area contributed by atoms with Crippen molar-refractivity contribution < 1.29 is 9.21 Å². The van der Waals surface area contributed by atoms with Crippen molar-refractivity contribution >= 4 is 46.0 Å². The summed E-state index contributed by atoms with van der Waals surface area (Å²) < 4.78 is 6.02. The Kier molecular flexibility index (Phi) is 6.14. The zero-order chi connectivity index (χ0) is 20.4. The van der Waals surface area contributed by atoms with E-state index in [1.807, 2.05) is 60.4 Å². The number of para-hydroxylation sites is 1. The van der Waals surface area contributed by atoms with Gasteiger partial charge in [-0.15, -0.1) is 0 Å². The topological polar surface area (TPSA) is 36.7 Å². The summed E-state index contributed by atoms with van der Waals surface area (Å²) in [6.07, 6.45) is 2.27. The monoisotopic (exact) mass is 430 g/mol. The Balaban J connectivity index is 1.46. The Labute approximate surface area is 181 Å². The van der Waals surface area contributed by atoms with Gasteiger partial charge in [-0.05, 0) is 36.6 Å². The molecule has 1 aromatic heterocycles. The molecule has 1 aliphatic rings. The van der Waals surface area contributed by atoms with Crippen LogP contribution in [0.5, 0.6) is 0 Å². The number of carbonyl (C=O) groups excluding carboxylic acids is 1. The number of fused-ring (bicyclic) bond motifs is 1. The first-order valence-corrected chi connectivity index (χ1v) is 10.8. The highest BCUT2D eigenvalue weighted by Gasteiger charge is 2.30. The first-order valence-electron chi connectivity index (χ1n) is 10.0. The smallest absolute Gasteiger partial charge is 0.229 e. The molecule has 2 heterocycles. The van der Waals surface area contributed by atoms with Gasteiger partial charge in [0.15, 0.2) is 0 Å². The fourth-order valence-electron chi connectivity index (χ4n) is 4.00. The summed E-state index contributed by atoms with van der Waals surface area (Å²) in [6.45, 7) is 4.56. The van der Waals surface area contributed by atoms with Crippen LogP contribution >= 0.6 is 23.2 Å². The first-order chi connectivity index (χ1) is 14.0. The second-order valence-corrected chi connectivity index (χ2v) is 8.31. The number of piperidine rings is 1. The Morgan fingerprint density at radius 1 is 1.10 bits per heavy atom. The van der Waals surface area contributed by atoms with Gasteiger partial charge in [0.2, 0.25) is 11.8 Å². The Morgan fingerprint density at radius 3 is 2.55 bits per heavy atom. The molecule has 0 N–H and O–H groups in total. The molecule has 152 valence electrons. The van der Waals surface area contributed by atoms with Crippen LogP contribution < -0.4 is 4.90 Å². The van der Waals surface area contributed by atoms with Gasteiger partial charge in [0, 0.05) is 43.5 Å². The standard InChI is InChI=1S/C23H24Cl2N2O2/c1-2-22(28)27(23-14-17-5-3-4-6-21(17)29-23)18-9-11-26(12-10-18)15-16-7-8-19(24)20(25)13-16/h3-8,13-14,18H,2,9-12,15H2,1H3. The molecular weight excluding hydrogens is 407 g/mol. The lowest BCUT2D eigenvalue weighted by molar-refractivity contribution is -0.119. The number of hydrogen-bond acceptors (Lipinski definition) is 3. The molecule has 29 heavy (non-hydrogen) atoms. The number of carbonyl (C=O) groups is 1. The summed E-state index contributed by atoms with van der Waals surface area (Å²) in [5, 5.41) is 2.19. The molecular formula is C23H24Cl2N2O2. The number of benzene rings is 2. The zero-order valence-electron chi connectivity index (χ0n) is 16.4. The Bertz CT molecular complexity index is 976. The lowest BCUT2D eigenvalue weighted by Crippen LogP contribution is -2.47. The van der Waals surface area contributed by atoms with Crippen LogP contribution in [-0.4, -0.2) is 29.9 Å². The van der Waals surface area contributed by atoms with Gasteiger partial charge < -0.3 is 4.42 Å². The third-order valence-corrected chi connectivity index (χ3v) is 6.27. The molecule has 2 aromatic carbocycles. The number of anilines is 1. The van der Waals surface area contributed by atoms with Gasteiger partial charge in [0.25, 0.3) is 0 Å². The molecule has 0 spiro atoms. The van der Waals surface area contributed by atoms with Crippen molar-refractivity contribution in [3.05, 3.63) is 64.1 Å². The second kappa shape index (κ2) is 8.78. The van der Waals surface area contributed by atoms with E-state index >= 15 is 0 Å². The van der Waals surface area contributed by atoms with Crippen LogP contribution in [-0.2, 0) is 11.3 Å². The highest BCUT2D eigenvalue weighted by molar-refractivity contribution is 6.42. The molecule has 4 rings (SSSR count). The van der Waals surface area contributed by atoms with Gasteiger partial charge >= 0.3 is 0 Å². The number of likely N-dealkylation sites (tertiary alicyclic amines) is 1.